The average Bonchev–Trinajstić information content (AvgIpc) is 2.83. The van der Waals surface area contributed by atoms with Crippen molar-refractivity contribution in [1.82, 2.24) is 9.55 Å². The molecule has 0 amide bonds. The summed E-state index contributed by atoms with van der Waals surface area (Å²) in [5, 5.41) is 0. The van der Waals surface area contributed by atoms with Crippen molar-refractivity contribution in [3.05, 3.63) is 54.1 Å². The van der Waals surface area contributed by atoms with Crippen LogP contribution in [0, 0.1) is 0 Å². The summed E-state index contributed by atoms with van der Waals surface area (Å²) >= 11 is 0. The number of carbonyl (C=O) groups is 1. The largest absolute Gasteiger partial charge is 0.338 e. The third-order valence-corrected chi connectivity index (χ3v) is 3.22. The lowest BCUT2D eigenvalue weighted by molar-refractivity contribution is -0.119. The molecule has 1 atom stereocenters. The lowest BCUT2D eigenvalue weighted by Gasteiger charge is -2.10. The number of aromatic nitrogens is 2. The van der Waals surface area contributed by atoms with E-state index in [0.717, 1.165) is 11.4 Å². The van der Waals surface area contributed by atoms with Crippen LogP contribution in [0.4, 0.5) is 0 Å². The summed E-state index contributed by atoms with van der Waals surface area (Å²) in [6, 6.07) is 9.52. The highest BCUT2D eigenvalue weighted by atomic mass is 16.1. The molecular weight excluding hydrogens is 238 g/mol. The number of Topliss-reactive ketones (excluding diaryl/α,β-unsaturated/α-hetero) is 1. The van der Waals surface area contributed by atoms with E-state index in [0.29, 0.717) is 19.3 Å². The molecule has 0 aliphatic heterocycles. The molecule has 0 aliphatic rings. The molecule has 0 saturated heterocycles. The van der Waals surface area contributed by atoms with E-state index in [-0.39, 0.29) is 11.8 Å². The number of carbonyl (C=O) groups excluding carboxylic acids is 1. The second-order valence-electron chi connectivity index (χ2n) is 4.71. The van der Waals surface area contributed by atoms with Crippen LogP contribution in [-0.4, -0.2) is 15.3 Å². The van der Waals surface area contributed by atoms with Gasteiger partial charge >= 0.3 is 0 Å². The Morgan fingerprint density at radius 2 is 2.11 bits per heavy atom. The van der Waals surface area contributed by atoms with Gasteiger partial charge in [0.25, 0.3) is 0 Å². The van der Waals surface area contributed by atoms with Crippen molar-refractivity contribution >= 4 is 5.78 Å². The Labute approximate surface area is 113 Å². The van der Waals surface area contributed by atoms with Gasteiger partial charge in [-0.2, -0.15) is 0 Å². The molecule has 0 fully saturated rings. The van der Waals surface area contributed by atoms with Crippen LogP contribution < -0.4 is 5.73 Å². The van der Waals surface area contributed by atoms with Crippen molar-refractivity contribution in [1.29, 1.82) is 0 Å². The third kappa shape index (κ3) is 3.76. The van der Waals surface area contributed by atoms with E-state index in [4.69, 9.17) is 5.73 Å². The Hall–Kier alpha value is -1.94. The lowest BCUT2D eigenvalue weighted by atomic mass is 10.0. The van der Waals surface area contributed by atoms with Crippen LogP contribution in [0.15, 0.2) is 42.7 Å². The minimum absolute atomic E-state index is 0.180. The summed E-state index contributed by atoms with van der Waals surface area (Å²) in [6.07, 6.45) is 5.18. The van der Waals surface area contributed by atoms with Gasteiger partial charge in [-0.3, -0.25) is 4.79 Å². The van der Waals surface area contributed by atoms with Crippen LogP contribution in [0.5, 0.6) is 0 Å². The number of hydrogen-bond donors (Lipinski definition) is 1. The number of benzene rings is 1. The highest BCUT2D eigenvalue weighted by Gasteiger charge is 2.12. The highest BCUT2D eigenvalue weighted by Crippen LogP contribution is 2.15. The van der Waals surface area contributed by atoms with Gasteiger partial charge in [0, 0.05) is 44.7 Å². The minimum Gasteiger partial charge on any atom is -0.338 e. The SMILES string of the molecule is Cn1ccnc1CCC(=O)CC(N)c1ccccc1. The number of nitrogens with two attached hydrogens (primary N) is 1. The quantitative estimate of drug-likeness (QED) is 0.861. The summed E-state index contributed by atoms with van der Waals surface area (Å²) in [5.74, 6) is 1.11. The molecule has 0 bridgehead atoms. The number of nitrogens with zero attached hydrogens (tertiary/aromatic N) is 2. The summed E-state index contributed by atoms with van der Waals surface area (Å²) in [6.45, 7) is 0. The van der Waals surface area contributed by atoms with Crippen LogP contribution in [0.1, 0.15) is 30.3 Å². The standard InChI is InChI=1S/C15H19N3O/c1-18-10-9-17-15(18)8-7-13(19)11-14(16)12-5-3-2-4-6-12/h2-6,9-10,14H,7-8,11,16H2,1H3. The number of imidazole rings is 1. The molecule has 1 aromatic heterocycles. The molecular formula is C15H19N3O. The molecule has 0 saturated carbocycles. The first kappa shape index (κ1) is 13.5. The summed E-state index contributed by atoms with van der Waals surface area (Å²) in [4.78, 5) is 16.1. The van der Waals surface area contributed by atoms with Crippen LogP contribution in [0.3, 0.4) is 0 Å². The van der Waals surface area contributed by atoms with Gasteiger partial charge in [-0.1, -0.05) is 30.3 Å². The molecule has 4 nitrogen and oxygen atoms in total. The van der Waals surface area contributed by atoms with Crippen LogP contribution >= 0.6 is 0 Å². The zero-order chi connectivity index (χ0) is 13.7. The van der Waals surface area contributed by atoms with Crippen molar-refractivity contribution in [2.45, 2.75) is 25.3 Å². The molecule has 0 spiro atoms. The smallest absolute Gasteiger partial charge is 0.135 e. The Bertz CT molecular complexity index is 533. The van der Waals surface area contributed by atoms with Crippen molar-refractivity contribution in [3.8, 4) is 0 Å². The van der Waals surface area contributed by atoms with Gasteiger partial charge in [0.2, 0.25) is 0 Å². The number of aryl methyl sites for hydroxylation is 2. The summed E-state index contributed by atoms with van der Waals surface area (Å²) in [5.41, 5.74) is 7.04. The fourth-order valence-corrected chi connectivity index (χ4v) is 2.05. The van der Waals surface area contributed by atoms with Crippen molar-refractivity contribution < 1.29 is 4.79 Å². The van der Waals surface area contributed by atoms with E-state index in [2.05, 4.69) is 4.98 Å². The van der Waals surface area contributed by atoms with Gasteiger partial charge < -0.3 is 10.3 Å². The van der Waals surface area contributed by atoms with Gasteiger partial charge in [0.05, 0.1) is 0 Å². The number of rotatable bonds is 6. The second kappa shape index (κ2) is 6.29. The van der Waals surface area contributed by atoms with E-state index in [1.165, 1.54) is 0 Å². The maximum absolute atomic E-state index is 11.9. The lowest BCUT2D eigenvalue weighted by Crippen LogP contribution is -2.16. The second-order valence-corrected chi connectivity index (χ2v) is 4.71. The summed E-state index contributed by atoms with van der Waals surface area (Å²) < 4.78 is 1.93. The zero-order valence-corrected chi connectivity index (χ0v) is 11.1. The number of hydrogen-bond acceptors (Lipinski definition) is 3. The molecule has 2 rings (SSSR count). The first-order valence-corrected chi connectivity index (χ1v) is 6.45. The predicted molar refractivity (Wildman–Crippen MR) is 74.5 cm³/mol. The van der Waals surface area contributed by atoms with E-state index in [9.17, 15) is 4.79 Å². The van der Waals surface area contributed by atoms with Crippen molar-refractivity contribution in [3.63, 3.8) is 0 Å². The molecule has 1 unspecified atom stereocenters. The van der Waals surface area contributed by atoms with E-state index in [1.54, 1.807) is 6.20 Å². The molecule has 100 valence electrons. The minimum atomic E-state index is -0.213. The van der Waals surface area contributed by atoms with Crippen molar-refractivity contribution in [2.24, 2.45) is 12.8 Å². The Balaban J connectivity index is 1.83. The van der Waals surface area contributed by atoms with Crippen LogP contribution in [0.2, 0.25) is 0 Å². The van der Waals surface area contributed by atoms with Crippen LogP contribution in [-0.2, 0) is 18.3 Å². The van der Waals surface area contributed by atoms with Gasteiger partial charge in [-0.15, -0.1) is 0 Å². The van der Waals surface area contributed by atoms with E-state index >= 15 is 0 Å². The molecule has 0 aliphatic carbocycles. The fraction of sp³-hybridized carbons (Fsp3) is 0.333. The van der Waals surface area contributed by atoms with Gasteiger partial charge in [0.1, 0.15) is 11.6 Å². The average molecular weight is 257 g/mol. The fourth-order valence-electron chi connectivity index (χ4n) is 2.05. The Kier molecular flexibility index (Phi) is 4.47. The molecule has 4 heteroatoms. The maximum Gasteiger partial charge on any atom is 0.135 e. The van der Waals surface area contributed by atoms with Gasteiger partial charge in [-0.25, -0.2) is 4.98 Å². The summed E-state index contributed by atoms with van der Waals surface area (Å²) in [7, 11) is 1.93. The topological polar surface area (TPSA) is 60.9 Å². The normalized spacial score (nSPS) is 12.3. The molecule has 1 aromatic carbocycles. The monoisotopic (exact) mass is 257 g/mol. The Morgan fingerprint density at radius 3 is 2.74 bits per heavy atom. The molecule has 2 aromatic rings. The predicted octanol–water partition coefficient (Wildman–Crippen LogP) is 2.01. The van der Waals surface area contributed by atoms with E-state index < -0.39 is 0 Å². The third-order valence-electron chi connectivity index (χ3n) is 3.22. The molecule has 2 N–H and O–H groups in total. The molecule has 1 heterocycles. The molecule has 19 heavy (non-hydrogen) atoms. The molecule has 0 radical (unpaired) electrons. The van der Waals surface area contributed by atoms with E-state index in [1.807, 2.05) is 48.1 Å². The van der Waals surface area contributed by atoms with Gasteiger partial charge in [0.15, 0.2) is 0 Å². The number of ketones is 1. The maximum atomic E-state index is 11.9. The Morgan fingerprint density at radius 1 is 1.37 bits per heavy atom. The zero-order valence-electron chi connectivity index (χ0n) is 11.1. The van der Waals surface area contributed by atoms with Crippen molar-refractivity contribution in [2.75, 3.05) is 0 Å². The first-order valence-electron chi connectivity index (χ1n) is 6.45. The van der Waals surface area contributed by atoms with Gasteiger partial charge in [-0.05, 0) is 5.56 Å². The van der Waals surface area contributed by atoms with Crippen LogP contribution in [0.25, 0.3) is 0 Å². The highest BCUT2D eigenvalue weighted by molar-refractivity contribution is 5.79. The first-order chi connectivity index (χ1) is 9.16.